The van der Waals surface area contributed by atoms with E-state index in [-0.39, 0.29) is 5.56 Å². The highest BCUT2D eigenvalue weighted by molar-refractivity contribution is 7.99. The summed E-state index contributed by atoms with van der Waals surface area (Å²) in [4.78, 5) is 19.4. The van der Waals surface area contributed by atoms with Crippen molar-refractivity contribution >= 4 is 22.8 Å². The molecular weight excluding hydrogens is 284 g/mol. The van der Waals surface area contributed by atoms with Crippen LogP contribution < -0.4 is 5.56 Å². The molecule has 1 N–H and O–H groups in total. The SMILES string of the molecule is C=C(C)CSc1nc2c(cnn2-c2ccccc2)c(=O)[nH]1. The molecule has 3 aromatic rings. The summed E-state index contributed by atoms with van der Waals surface area (Å²) in [6.07, 6.45) is 1.54. The number of fused-ring (bicyclic) bond motifs is 1. The van der Waals surface area contributed by atoms with Crippen molar-refractivity contribution in [3.63, 3.8) is 0 Å². The molecule has 0 aliphatic rings. The fourth-order valence-electron chi connectivity index (χ4n) is 1.92. The van der Waals surface area contributed by atoms with Gasteiger partial charge in [0.05, 0.1) is 11.9 Å². The fraction of sp³-hybridized carbons (Fsp3) is 0.133. The van der Waals surface area contributed by atoms with Gasteiger partial charge in [-0.1, -0.05) is 42.1 Å². The van der Waals surface area contributed by atoms with Gasteiger partial charge in [0.15, 0.2) is 10.8 Å². The Labute approximate surface area is 125 Å². The molecule has 0 atom stereocenters. The summed E-state index contributed by atoms with van der Waals surface area (Å²) in [5.41, 5.74) is 2.29. The molecule has 0 saturated carbocycles. The van der Waals surface area contributed by atoms with Crippen LogP contribution in [0, 0.1) is 0 Å². The number of hydrogen-bond donors (Lipinski definition) is 1. The molecule has 0 fully saturated rings. The average Bonchev–Trinajstić information content (AvgIpc) is 2.90. The molecule has 3 rings (SSSR count). The second-order valence-electron chi connectivity index (χ2n) is 4.75. The van der Waals surface area contributed by atoms with Gasteiger partial charge in [-0.2, -0.15) is 5.10 Å². The van der Waals surface area contributed by atoms with Gasteiger partial charge in [-0.3, -0.25) is 4.79 Å². The molecule has 21 heavy (non-hydrogen) atoms. The highest BCUT2D eigenvalue weighted by Crippen LogP contribution is 2.18. The number of thioether (sulfide) groups is 1. The minimum atomic E-state index is -0.175. The molecule has 0 aliphatic heterocycles. The smallest absolute Gasteiger partial charge is 0.262 e. The Morgan fingerprint density at radius 3 is 2.86 bits per heavy atom. The van der Waals surface area contributed by atoms with E-state index in [1.807, 2.05) is 37.3 Å². The monoisotopic (exact) mass is 298 g/mol. The normalized spacial score (nSPS) is 10.9. The van der Waals surface area contributed by atoms with Crippen LogP contribution in [-0.2, 0) is 0 Å². The van der Waals surface area contributed by atoms with E-state index in [4.69, 9.17) is 0 Å². The Bertz CT molecular complexity index is 851. The number of H-pyrrole nitrogens is 1. The van der Waals surface area contributed by atoms with Crippen LogP contribution in [0.25, 0.3) is 16.7 Å². The summed E-state index contributed by atoms with van der Waals surface area (Å²) in [7, 11) is 0. The predicted octanol–water partition coefficient (Wildman–Crippen LogP) is 2.78. The van der Waals surface area contributed by atoms with Crippen LogP contribution in [0.4, 0.5) is 0 Å². The Kier molecular flexibility index (Phi) is 3.62. The van der Waals surface area contributed by atoms with Crippen LogP contribution in [0.1, 0.15) is 6.92 Å². The average molecular weight is 298 g/mol. The van der Waals surface area contributed by atoms with Gasteiger partial charge in [0.25, 0.3) is 5.56 Å². The number of para-hydroxylation sites is 1. The molecule has 0 bridgehead atoms. The third-order valence-electron chi connectivity index (χ3n) is 2.87. The molecular formula is C15H14N4OS. The van der Waals surface area contributed by atoms with Crippen molar-refractivity contribution < 1.29 is 0 Å². The zero-order valence-corrected chi connectivity index (χ0v) is 12.4. The first-order chi connectivity index (χ1) is 10.1. The summed E-state index contributed by atoms with van der Waals surface area (Å²) < 4.78 is 1.68. The molecule has 5 nitrogen and oxygen atoms in total. The van der Waals surface area contributed by atoms with E-state index in [2.05, 4.69) is 21.6 Å². The van der Waals surface area contributed by atoms with E-state index in [1.54, 1.807) is 10.9 Å². The fourth-order valence-corrected chi connectivity index (χ4v) is 2.62. The van der Waals surface area contributed by atoms with E-state index in [9.17, 15) is 4.79 Å². The van der Waals surface area contributed by atoms with Crippen molar-refractivity contribution in [2.45, 2.75) is 12.1 Å². The third kappa shape index (κ3) is 2.75. The lowest BCUT2D eigenvalue weighted by molar-refractivity contribution is 0.873. The third-order valence-corrected chi connectivity index (χ3v) is 3.98. The van der Waals surface area contributed by atoms with E-state index in [0.29, 0.717) is 21.9 Å². The number of benzene rings is 1. The van der Waals surface area contributed by atoms with Gasteiger partial charge in [0.2, 0.25) is 0 Å². The summed E-state index contributed by atoms with van der Waals surface area (Å²) in [5.74, 6) is 0.716. The molecule has 1 aromatic carbocycles. The van der Waals surface area contributed by atoms with Gasteiger partial charge in [-0.25, -0.2) is 9.67 Å². The van der Waals surface area contributed by atoms with Crippen LogP contribution in [0.3, 0.4) is 0 Å². The molecule has 0 unspecified atom stereocenters. The van der Waals surface area contributed by atoms with Crippen LogP contribution in [0.2, 0.25) is 0 Å². The Morgan fingerprint density at radius 1 is 1.38 bits per heavy atom. The lowest BCUT2D eigenvalue weighted by Gasteiger charge is -2.04. The zero-order chi connectivity index (χ0) is 14.8. The Hall–Kier alpha value is -2.34. The van der Waals surface area contributed by atoms with Crippen LogP contribution in [0.5, 0.6) is 0 Å². The van der Waals surface area contributed by atoms with E-state index >= 15 is 0 Å². The summed E-state index contributed by atoms with van der Waals surface area (Å²) in [6, 6.07) is 9.63. The second-order valence-corrected chi connectivity index (χ2v) is 5.71. The van der Waals surface area contributed by atoms with Gasteiger partial charge in [0, 0.05) is 5.75 Å². The van der Waals surface area contributed by atoms with Crippen molar-refractivity contribution in [3.8, 4) is 5.69 Å². The Balaban J connectivity index is 2.11. The maximum absolute atomic E-state index is 12.1. The molecule has 0 amide bonds. The maximum Gasteiger partial charge on any atom is 0.262 e. The van der Waals surface area contributed by atoms with Gasteiger partial charge < -0.3 is 4.98 Å². The number of aromatic amines is 1. The van der Waals surface area contributed by atoms with Gasteiger partial charge in [-0.05, 0) is 19.1 Å². The minimum absolute atomic E-state index is 0.175. The minimum Gasteiger partial charge on any atom is -0.301 e. The quantitative estimate of drug-likeness (QED) is 0.457. The lowest BCUT2D eigenvalue weighted by atomic mass is 10.3. The first-order valence-corrected chi connectivity index (χ1v) is 7.44. The topological polar surface area (TPSA) is 63.6 Å². The largest absolute Gasteiger partial charge is 0.301 e. The standard InChI is InChI=1S/C15H14N4OS/c1-10(2)9-21-15-17-13-12(14(20)18-15)8-16-19(13)11-6-4-3-5-7-11/h3-8H,1,9H2,2H3,(H,17,18,20). The van der Waals surface area contributed by atoms with Gasteiger partial charge >= 0.3 is 0 Å². The molecule has 0 aliphatic carbocycles. The summed E-state index contributed by atoms with van der Waals surface area (Å²) >= 11 is 1.46. The van der Waals surface area contributed by atoms with Crippen molar-refractivity contribution in [1.82, 2.24) is 19.7 Å². The first-order valence-electron chi connectivity index (χ1n) is 6.46. The summed E-state index contributed by atoms with van der Waals surface area (Å²) in [6.45, 7) is 5.79. The molecule has 2 aromatic heterocycles. The lowest BCUT2D eigenvalue weighted by Crippen LogP contribution is -2.10. The van der Waals surface area contributed by atoms with Crippen molar-refractivity contribution in [2.24, 2.45) is 0 Å². The molecule has 106 valence electrons. The van der Waals surface area contributed by atoms with Crippen LogP contribution >= 0.6 is 11.8 Å². The van der Waals surface area contributed by atoms with Crippen molar-refractivity contribution in [1.29, 1.82) is 0 Å². The Morgan fingerprint density at radius 2 is 2.14 bits per heavy atom. The second kappa shape index (κ2) is 5.57. The first kappa shape index (κ1) is 13.6. The molecule has 0 spiro atoms. The van der Waals surface area contributed by atoms with Gasteiger partial charge in [0.1, 0.15) is 5.39 Å². The number of nitrogens with zero attached hydrogens (tertiary/aromatic N) is 3. The van der Waals surface area contributed by atoms with Crippen molar-refractivity contribution in [2.75, 3.05) is 5.75 Å². The number of rotatable bonds is 4. The number of aromatic nitrogens is 4. The van der Waals surface area contributed by atoms with Crippen LogP contribution in [0.15, 0.2) is 58.6 Å². The van der Waals surface area contributed by atoms with Crippen molar-refractivity contribution in [3.05, 3.63) is 59.0 Å². The number of hydrogen-bond acceptors (Lipinski definition) is 4. The van der Waals surface area contributed by atoms with E-state index in [1.165, 1.54) is 11.8 Å². The van der Waals surface area contributed by atoms with Crippen LogP contribution in [-0.4, -0.2) is 25.5 Å². The highest BCUT2D eigenvalue weighted by Gasteiger charge is 2.11. The van der Waals surface area contributed by atoms with E-state index < -0.39 is 0 Å². The molecule has 2 heterocycles. The number of nitrogens with one attached hydrogen (secondary N) is 1. The maximum atomic E-state index is 12.1. The van der Waals surface area contributed by atoms with Gasteiger partial charge in [-0.15, -0.1) is 0 Å². The van der Waals surface area contributed by atoms with E-state index in [0.717, 1.165) is 11.3 Å². The summed E-state index contributed by atoms with van der Waals surface area (Å²) in [5, 5.41) is 5.33. The molecule has 0 radical (unpaired) electrons. The highest BCUT2D eigenvalue weighted by atomic mass is 32.2. The predicted molar refractivity (Wildman–Crippen MR) is 85.0 cm³/mol. The zero-order valence-electron chi connectivity index (χ0n) is 11.5. The molecule has 0 saturated heterocycles. The molecule has 6 heteroatoms.